The Kier molecular flexibility index (Phi) is 6.91. The lowest BCUT2D eigenvalue weighted by atomic mass is 10.2. The van der Waals surface area contributed by atoms with Gasteiger partial charge in [-0.05, 0) is 13.3 Å². The van der Waals surface area contributed by atoms with Crippen molar-refractivity contribution in [2.75, 3.05) is 6.54 Å². The maximum Gasteiger partial charge on any atom is 0.303 e. The van der Waals surface area contributed by atoms with Crippen molar-refractivity contribution in [3.63, 3.8) is 0 Å². The normalized spacial score (nSPS) is 11.6. The summed E-state index contributed by atoms with van der Waals surface area (Å²) in [5.41, 5.74) is 0. The van der Waals surface area contributed by atoms with Crippen LogP contribution in [0.4, 0.5) is 0 Å². The van der Waals surface area contributed by atoms with Crippen LogP contribution >= 0.6 is 0 Å². The van der Waals surface area contributed by atoms with Crippen molar-refractivity contribution in [1.82, 2.24) is 10.6 Å². The summed E-state index contributed by atoms with van der Waals surface area (Å²) in [7, 11) is 0. The van der Waals surface area contributed by atoms with E-state index in [4.69, 9.17) is 5.11 Å². The molecule has 0 aliphatic rings. The second-order valence-electron chi connectivity index (χ2n) is 3.65. The summed E-state index contributed by atoms with van der Waals surface area (Å²) in [4.78, 5) is 32.0. The molecule has 0 saturated heterocycles. The molecule has 6 nitrogen and oxygen atoms in total. The lowest BCUT2D eigenvalue weighted by molar-refractivity contribution is -0.137. The Hall–Kier alpha value is -1.59. The molecule has 3 N–H and O–H groups in total. The summed E-state index contributed by atoms with van der Waals surface area (Å²) in [5.74, 6) is -1.24. The zero-order valence-corrected chi connectivity index (χ0v) is 9.58. The van der Waals surface area contributed by atoms with Crippen LogP contribution < -0.4 is 10.6 Å². The first-order chi connectivity index (χ1) is 7.41. The number of amides is 2. The van der Waals surface area contributed by atoms with Gasteiger partial charge in [-0.25, -0.2) is 0 Å². The highest BCUT2D eigenvalue weighted by molar-refractivity contribution is 5.77. The molecule has 0 bridgehead atoms. The van der Waals surface area contributed by atoms with E-state index in [1.807, 2.05) is 0 Å². The number of aliphatic carboxylic acids is 1. The highest BCUT2D eigenvalue weighted by Gasteiger charge is 2.06. The number of rotatable bonds is 7. The highest BCUT2D eigenvalue weighted by Crippen LogP contribution is 1.94. The summed E-state index contributed by atoms with van der Waals surface area (Å²) < 4.78 is 0. The minimum Gasteiger partial charge on any atom is -0.481 e. The first-order valence-corrected chi connectivity index (χ1v) is 5.17. The van der Waals surface area contributed by atoms with E-state index < -0.39 is 5.97 Å². The van der Waals surface area contributed by atoms with Crippen molar-refractivity contribution in [3.05, 3.63) is 0 Å². The third-order valence-corrected chi connectivity index (χ3v) is 1.85. The van der Waals surface area contributed by atoms with Gasteiger partial charge in [-0.1, -0.05) is 0 Å². The molecule has 0 fully saturated rings. The number of carboxylic acids is 1. The topological polar surface area (TPSA) is 95.5 Å². The predicted octanol–water partition coefficient (Wildman–Crippen LogP) is -0.118. The van der Waals surface area contributed by atoms with E-state index in [-0.39, 0.29) is 30.7 Å². The Morgan fingerprint density at radius 3 is 2.38 bits per heavy atom. The Morgan fingerprint density at radius 2 is 1.88 bits per heavy atom. The number of nitrogens with one attached hydrogen (secondary N) is 2. The maximum atomic E-state index is 11.2. The van der Waals surface area contributed by atoms with Gasteiger partial charge < -0.3 is 15.7 Å². The van der Waals surface area contributed by atoms with E-state index in [9.17, 15) is 14.4 Å². The van der Waals surface area contributed by atoms with Gasteiger partial charge in [0.15, 0.2) is 0 Å². The van der Waals surface area contributed by atoms with Gasteiger partial charge in [0.1, 0.15) is 0 Å². The fourth-order valence-electron chi connectivity index (χ4n) is 1.15. The molecule has 92 valence electrons. The van der Waals surface area contributed by atoms with Crippen LogP contribution in [0.2, 0.25) is 0 Å². The van der Waals surface area contributed by atoms with Crippen molar-refractivity contribution in [2.45, 2.75) is 39.2 Å². The first kappa shape index (κ1) is 14.4. The molecule has 0 aromatic carbocycles. The Morgan fingerprint density at radius 1 is 1.25 bits per heavy atom. The minimum atomic E-state index is -0.903. The molecule has 0 aliphatic carbocycles. The lowest BCUT2D eigenvalue weighted by Crippen LogP contribution is -2.40. The van der Waals surface area contributed by atoms with Gasteiger partial charge in [-0.15, -0.1) is 0 Å². The van der Waals surface area contributed by atoms with E-state index in [2.05, 4.69) is 10.6 Å². The molecule has 0 aliphatic heterocycles. The molecule has 1 atom stereocenters. The van der Waals surface area contributed by atoms with E-state index in [1.165, 1.54) is 6.92 Å². The average molecular weight is 230 g/mol. The number of carbonyl (C=O) groups is 3. The third kappa shape index (κ3) is 8.98. The molecule has 0 heterocycles. The Balaban J connectivity index is 3.57. The molecule has 0 aromatic heterocycles. The Labute approximate surface area is 94.4 Å². The highest BCUT2D eigenvalue weighted by atomic mass is 16.4. The molecule has 0 rings (SSSR count). The van der Waals surface area contributed by atoms with Crippen LogP contribution in [0.5, 0.6) is 0 Å². The quantitative estimate of drug-likeness (QED) is 0.568. The maximum absolute atomic E-state index is 11.2. The van der Waals surface area contributed by atoms with Crippen molar-refractivity contribution in [1.29, 1.82) is 0 Å². The van der Waals surface area contributed by atoms with Gasteiger partial charge in [0.2, 0.25) is 11.8 Å². The first-order valence-electron chi connectivity index (χ1n) is 5.17. The van der Waals surface area contributed by atoms with E-state index in [0.717, 1.165) is 0 Å². The number of hydrogen-bond donors (Lipinski definition) is 3. The molecule has 0 aromatic rings. The van der Waals surface area contributed by atoms with Gasteiger partial charge >= 0.3 is 5.97 Å². The molecule has 0 saturated carbocycles. The minimum absolute atomic E-state index is 0.00529. The van der Waals surface area contributed by atoms with Crippen LogP contribution in [0.25, 0.3) is 0 Å². The molecular weight excluding hydrogens is 212 g/mol. The second kappa shape index (κ2) is 7.67. The van der Waals surface area contributed by atoms with Crippen LogP contribution in [0.1, 0.15) is 33.1 Å². The monoisotopic (exact) mass is 230 g/mol. The molecule has 0 spiro atoms. The van der Waals surface area contributed by atoms with E-state index >= 15 is 0 Å². The fourth-order valence-corrected chi connectivity index (χ4v) is 1.15. The summed E-state index contributed by atoms with van der Waals surface area (Å²) in [6, 6.07) is -0.124. The van der Waals surface area contributed by atoms with Crippen LogP contribution in [0, 0.1) is 0 Å². The molecular formula is C10H18N2O4. The summed E-state index contributed by atoms with van der Waals surface area (Å²) >= 11 is 0. The van der Waals surface area contributed by atoms with E-state index in [0.29, 0.717) is 13.0 Å². The fraction of sp³-hybridized carbons (Fsp3) is 0.700. The average Bonchev–Trinajstić information content (AvgIpc) is 2.13. The summed E-state index contributed by atoms with van der Waals surface area (Å²) in [5, 5.41) is 13.6. The zero-order chi connectivity index (χ0) is 12.6. The van der Waals surface area contributed by atoms with Crippen LogP contribution in [-0.4, -0.2) is 35.5 Å². The van der Waals surface area contributed by atoms with Crippen molar-refractivity contribution in [3.8, 4) is 0 Å². The van der Waals surface area contributed by atoms with Gasteiger partial charge in [-0.3, -0.25) is 14.4 Å². The number of hydrogen-bond acceptors (Lipinski definition) is 3. The van der Waals surface area contributed by atoms with Gasteiger partial charge in [0, 0.05) is 32.4 Å². The van der Waals surface area contributed by atoms with Crippen molar-refractivity contribution >= 4 is 17.8 Å². The largest absolute Gasteiger partial charge is 0.481 e. The number of carboxylic acid groups (broad SMARTS) is 1. The van der Waals surface area contributed by atoms with Gasteiger partial charge in [0.25, 0.3) is 0 Å². The zero-order valence-electron chi connectivity index (χ0n) is 9.58. The van der Waals surface area contributed by atoms with Crippen LogP contribution in [0.15, 0.2) is 0 Å². The SMILES string of the molecule is CC(=O)NC(C)CNC(=O)CCCC(=O)O. The standard InChI is InChI=1S/C10H18N2O4/c1-7(12-8(2)13)6-11-9(14)4-3-5-10(15)16/h7H,3-6H2,1-2H3,(H,11,14)(H,12,13)(H,15,16). The smallest absolute Gasteiger partial charge is 0.303 e. The van der Waals surface area contributed by atoms with Crippen LogP contribution in [-0.2, 0) is 14.4 Å². The van der Waals surface area contributed by atoms with Gasteiger partial charge in [0.05, 0.1) is 0 Å². The lowest BCUT2D eigenvalue weighted by Gasteiger charge is -2.13. The molecule has 1 unspecified atom stereocenters. The van der Waals surface area contributed by atoms with Crippen molar-refractivity contribution in [2.24, 2.45) is 0 Å². The van der Waals surface area contributed by atoms with Crippen LogP contribution in [0.3, 0.4) is 0 Å². The molecule has 2 amide bonds. The summed E-state index contributed by atoms with van der Waals surface area (Å²) in [6.45, 7) is 3.54. The third-order valence-electron chi connectivity index (χ3n) is 1.85. The van der Waals surface area contributed by atoms with Crippen molar-refractivity contribution < 1.29 is 19.5 Å². The predicted molar refractivity (Wildman–Crippen MR) is 57.8 cm³/mol. The van der Waals surface area contributed by atoms with Gasteiger partial charge in [-0.2, -0.15) is 0 Å². The second-order valence-corrected chi connectivity index (χ2v) is 3.65. The number of carbonyl (C=O) groups excluding carboxylic acids is 2. The molecule has 6 heteroatoms. The summed E-state index contributed by atoms with van der Waals surface area (Å²) in [6.07, 6.45) is 0.517. The van der Waals surface area contributed by atoms with E-state index in [1.54, 1.807) is 6.92 Å². The molecule has 16 heavy (non-hydrogen) atoms. The molecule has 0 radical (unpaired) electrons. The Bertz CT molecular complexity index is 266.